The van der Waals surface area contributed by atoms with E-state index in [9.17, 15) is 0 Å². The van der Waals surface area contributed by atoms with E-state index >= 15 is 0 Å². The molecule has 1 rings (SSSR count). The molecule has 0 aliphatic carbocycles. The molecular formula is C15H33N3. The topological polar surface area (TPSA) is 32.5 Å². The Kier molecular flexibility index (Phi) is 6.61. The first-order chi connectivity index (χ1) is 8.44. The molecule has 1 heterocycles. The molecule has 1 aliphatic rings. The number of hydrogen-bond donors (Lipinski definition) is 1. The van der Waals surface area contributed by atoms with Gasteiger partial charge in [0.1, 0.15) is 0 Å². The van der Waals surface area contributed by atoms with Crippen molar-refractivity contribution >= 4 is 0 Å². The van der Waals surface area contributed by atoms with Crippen LogP contribution in [0.5, 0.6) is 0 Å². The van der Waals surface area contributed by atoms with Gasteiger partial charge in [0.05, 0.1) is 0 Å². The van der Waals surface area contributed by atoms with E-state index in [0.29, 0.717) is 5.41 Å². The maximum atomic E-state index is 5.66. The van der Waals surface area contributed by atoms with Gasteiger partial charge in [-0.25, -0.2) is 0 Å². The Morgan fingerprint density at radius 2 is 1.83 bits per heavy atom. The minimum Gasteiger partial charge on any atom is -0.330 e. The number of nitrogens with zero attached hydrogens (tertiary/aromatic N) is 2. The van der Waals surface area contributed by atoms with Crippen molar-refractivity contribution in [2.45, 2.75) is 52.0 Å². The average molecular weight is 255 g/mol. The van der Waals surface area contributed by atoms with Crippen molar-refractivity contribution < 1.29 is 0 Å². The fourth-order valence-electron chi connectivity index (χ4n) is 2.94. The van der Waals surface area contributed by atoms with Gasteiger partial charge in [0, 0.05) is 6.04 Å². The predicted molar refractivity (Wildman–Crippen MR) is 79.8 cm³/mol. The third-order valence-corrected chi connectivity index (χ3v) is 4.50. The molecule has 0 spiro atoms. The SMILES string of the molecule is CN1CCC(N(C)CCCC(C)(C)CCN)CC1. The lowest BCUT2D eigenvalue weighted by molar-refractivity contribution is 0.138. The van der Waals surface area contributed by atoms with Crippen molar-refractivity contribution in [3.8, 4) is 0 Å². The van der Waals surface area contributed by atoms with Crippen LogP contribution in [0.3, 0.4) is 0 Å². The Labute approximate surface area is 114 Å². The fourth-order valence-corrected chi connectivity index (χ4v) is 2.94. The molecule has 1 fully saturated rings. The molecule has 1 aliphatic heterocycles. The zero-order chi connectivity index (χ0) is 13.6. The van der Waals surface area contributed by atoms with Crippen LogP contribution in [0.4, 0.5) is 0 Å². The van der Waals surface area contributed by atoms with E-state index in [-0.39, 0.29) is 0 Å². The highest BCUT2D eigenvalue weighted by Crippen LogP contribution is 2.26. The first-order valence-electron chi connectivity index (χ1n) is 7.53. The summed E-state index contributed by atoms with van der Waals surface area (Å²) in [6.45, 7) is 9.26. The third kappa shape index (κ3) is 5.68. The molecule has 18 heavy (non-hydrogen) atoms. The summed E-state index contributed by atoms with van der Waals surface area (Å²) in [4.78, 5) is 5.01. The van der Waals surface area contributed by atoms with Crippen LogP contribution in [0.2, 0.25) is 0 Å². The first kappa shape index (κ1) is 15.9. The second-order valence-electron chi connectivity index (χ2n) is 6.82. The highest BCUT2D eigenvalue weighted by Gasteiger charge is 2.21. The molecular weight excluding hydrogens is 222 g/mol. The third-order valence-electron chi connectivity index (χ3n) is 4.50. The van der Waals surface area contributed by atoms with Crippen LogP contribution < -0.4 is 5.73 Å². The first-order valence-corrected chi connectivity index (χ1v) is 7.53. The summed E-state index contributed by atoms with van der Waals surface area (Å²) in [5, 5.41) is 0. The summed E-state index contributed by atoms with van der Waals surface area (Å²) >= 11 is 0. The van der Waals surface area contributed by atoms with Crippen molar-refractivity contribution in [1.29, 1.82) is 0 Å². The standard InChI is InChI=1S/C15H33N3/c1-15(2,9-10-16)8-5-11-18(4)14-6-12-17(3)13-7-14/h14H,5-13,16H2,1-4H3. The van der Waals surface area contributed by atoms with Gasteiger partial charge in [0.25, 0.3) is 0 Å². The van der Waals surface area contributed by atoms with Gasteiger partial charge in [-0.3, -0.25) is 0 Å². The molecule has 0 bridgehead atoms. The Balaban J connectivity index is 2.18. The number of piperidine rings is 1. The van der Waals surface area contributed by atoms with Gasteiger partial charge >= 0.3 is 0 Å². The molecule has 0 saturated carbocycles. The second kappa shape index (κ2) is 7.46. The van der Waals surface area contributed by atoms with Crippen LogP contribution in [0, 0.1) is 5.41 Å². The second-order valence-corrected chi connectivity index (χ2v) is 6.82. The number of likely N-dealkylation sites (tertiary alicyclic amines) is 1. The smallest absolute Gasteiger partial charge is 0.0117 e. The minimum absolute atomic E-state index is 0.419. The number of nitrogens with two attached hydrogens (primary N) is 1. The van der Waals surface area contributed by atoms with Crippen molar-refractivity contribution in [3.05, 3.63) is 0 Å². The molecule has 0 unspecified atom stereocenters. The molecule has 0 atom stereocenters. The molecule has 0 amide bonds. The van der Waals surface area contributed by atoms with Gasteiger partial charge in [0.15, 0.2) is 0 Å². The summed E-state index contributed by atoms with van der Waals surface area (Å²) in [5.74, 6) is 0. The fraction of sp³-hybridized carbons (Fsp3) is 1.00. The maximum Gasteiger partial charge on any atom is 0.0117 e. The van der Waals surface area contributed by atoms with E-state index in [2.05, 4.69) is 37.7 Å². The van der Waals surface area contributed by atoms with Gasteiger partial charge in [-0.2, -0.15) is 0 Å². The van der Waals surface area contributed by atoms with Crippen molar-refractivity contribution in [3.63, 3.8) is 0 Å². The van der Waals surface area contributed by atoms with E-state index in [4.69, 9.17) is 5.73 Å². The van der Waals surface area contributed by atoms with E-state index in [1.54, 1.807) is 0 Å². The van der Waals surface area contributed by atoms with Gasteiger partial charge in [0.2, 0.25) is 0 Å². The van der Waals surface area contributed by atoms with Crippen LogP contribution >= 0.6 is 0 Å². The van der Waals surface area contributed by atoms with Crippen LogP contribution in [-0.4, -0.2) is 56.1 Å². The molecule has 1 saturated heterocycles. The van der Waals surface area contributed by atoms with Crippen LogP contribution in [0.25, 0.3) is 0 Å². The lowest BCUT2D eigenvalue weighted by Crippen LogP contribution is -2.42. The highest BCUT2D eigenvalue weighted by atomic mass is 15.2. The molecule has 0 aromatic rings. The molecule has 0 radical (unpaired) electrons. The van der Waals surface area contributed by atoms with E-state index in [0.717, 1.165) is 19.0 Å². The van der Waals surface area contributed by atoms with Crippen molar-refractivity contribution in [1.82, 2.24) is 9.80 Å². The van der Waals surface area contributed by atoms with Gasteiger partial charge in [-0.15, -0.1) is 0 Å². The summed E-state index contributed by atoms with van der Waals surface area (Å²) in [6, 6.07) is 0.804. The zero-order valence-corrected chi connectivity index (χ0v) is 12.9. The highest BCUT2D eigenvalue weighted by molar-refractivity contribution is 4.77. The molecule has 2 N–H and O–H groups in total. The molecule has 3 nitrogen and oxygen atoms in total. The lowest BCUT2D eigenvalue weighted by atomic mass is 9.84. The summed E-state index contributed by atoms with van der Waals surface area (Å²) < 4.78 is 0. The lowest BCUT2D eigenvalue weighted by Gasteiger charge is -2.35. The van der Waals surface area contributed by atoms with Crippen molar-refractivity contribution in [2.24, 2.45) is 11.1 Å². The van der Waals surface area contributed by atoms with E-state index in [1.165, 1.54) is 45.3 Å². The summed E-state index contributed by atoms with van der Waals surface area (Å²) in [6.07, 6.45) is 6.40. The Bertz CT molecular complexity index is 220. The molecule has 3 heteroatoms. The van der Waals surface area contributed by atoms with Crippen LogP contribution in [0.15, 0.2) is 0 Å². The number of rotatable bonds is 7. The monoisotopic (exact) mass is 255 g/mol. The predicted octanol–water partition coefficient (Wildman–Crippen LogP) is 2.17. The van der Waals surface area contributed by atoms with Crippen LogP contribution in [-0.2, 0) is 0 Å². The molecule has 0 aromatic carbocycles. The quantitative estimate of drug-likeness (QED) is 0.757. The normalized spacial score (nSPS) is 19.7. The summed E-state index contributed by atoms with van der Waals surface area (Å²) in [7, 11) is 4.53. The molecule has 0 aromatic heterocycles. The number of hydrogen-bond acceptors (Lipinski definition) is 3. The zero-order valence-electron chi connectivity index (χ0n) is 12.9. The molecule has 108 valence electrons. The van der Waals surface area contributed by atoms with Crippen LogP contribution in [0.1, 0.15) is 46.0 Å². The van der Waals surface area contributed by atoms with Crippen molar-refractivity contribution in [2.75, 3.05) is 40.3 Å². The van der Waals surface area contributed by atoms with Gasteiger partial charge in [-0.05, 0) is 77.8 Å². The maximum absolute atomic E-state index is 5.66. The Morgan fingerprint density at radius 1 is 1.22 bits per heavy atom. The van der Waals surface area contributed by atoms with E-state index < -0.39 is 0 Å². The minimum atomic E-state index is 0.419. The van der Waals surface area contributed by atoms with Gasteiger partial charge < -0.3 is 15.5 Å². The Morgan fingerprint density at radius 3 is 2.39 bits per heavy atom. The largest absolute Gasteiger partial charge is 0.330 e. The Hall–Kier alpha value is -0.120. The van der Waals surface area contributed by atoms with E-state index in [1.807, 2.05) is 0 Å². The average Bonchev–Trinajstić information content (AvgIpc) is 2.29. The summed E-state index contributed by atoms with van der Waals surface area (Å²) in [5.41, 5.74) is 6.08. The van der Waals surface area contributed by atoms with Gasteiger partial charge in [-0.1, -0.05) is 13.8 Å².